The Morgan fingerprint density at radius 3 is 2.78 bits per heavy atom. The molecule has 2 aromatic heterocycles. The maximum absolute atomic E-state index is 6.06. The topological polar surface area (TPSA) is 24.9 Å². The Morgan fingerprint density at radius 2 is 2.11 bits per heavy atom. The van der Waals surface area contributed by atoms with Gasteiger partial charge < -0.3 is 5.32 Å². The minimum absolute atomic E-state index is 0.210. The van der Waals surface area contributed by atoms with Gasteiger partial charge >= 0.3 is 0 Å². The second kappa shape index (κ2) is 6.11. The van der Waals surface area contributed by atoms with E-state index in [0.717, 1.165) is 6.42 Å². The lowest BCUT2D eigenvalue weighted by molar-refractivity contribution is 0.787. The summed E-state index contributed by atoms with van der Waals surface area (Å²) < 4.78 is 0. The monoisotopic (exact) mass is 320 g/mol. The predicted molar refractivity (Wildman–Crippen MR) is 80.4 cm³/mol. The van der Waals surface area contributed by atoms with E-state index in [1.807, 2.05) is 0 Å². The number of rotatable bonds is 4. The van der Waals surface area contributed by atoms with Crippen molar-refractivity contribution in [2.75, 3.05) is 5.32 Å². The van der Waals surface area contributed by atoms with E-state index in [9.17, 15) is 0 Å². The van der Waals surface area contributed by atoms with Crippen LogP contribution in [0.3, 0.4) is 0 Å². The van der Waals surface area contributed by atoms with Crippen LogP contribution in [0.5, 0.6) is 0 Å². The predicted octanol–water partition coefficient (Wildman–Crippen LogP) is 5.15. The van der Waals surface area contributed by atoms with Gasteiger partial charge in [-0.05, 0) is 41.8 Å². The molecule has 0 aromatic carbocycles. The molecule has 0 aliphatic rings. The van der Waals surface area contributed by atoms with Crippen LogP contribution in [-0.4, -0.2) is 11.0 Å². The minimum Gasteiger partial charge on any atom is -0.366 e. The minimum atomic E-state index is 0.210. The van der Waals surface area contributed by atoms with Gasteiger partial charge in [0.25, 0.3) is 0 Å². The zero-order valence-corrected chi connectivity index (χ0v) is 12.7. The Morgan fingerprint density at radius 1 is 1.33 bits per heavy atom. The summed E-state index contributed by atoms with van der Waals surface area (Å²) in [4.78, 5) is 4.13. The Kier molecular flexibility index (Phi) is 4.73. The van der Waals surface area contributed by atoms with Crippen LogP contribution in [0, 0.1) is 0 Å². The van der Waals surface area contributed by atoms with Crippen molar-refractivity contribution < 1.29 is 0 Å². The van der Waals surface area contributed by atoms with Crippen LogP contribution in [0.15, 0.2) is 22.9 Å². The highest BCUT2D eigenvalue weighted by atomic mass is 35.5. The van der Waals surface area contributed by atoms with Crippen LogP contribution in [0.25, 0.3) is 0 Å². The normalized spacial score (nSPS) is 12.4. The first kappa shape index (κ1) is 13.9. The number of thiophene rings is 1. The molecule has 0 aliphatic carbocycles. The first-order valence-electron chi connectivity index (χ1n) is 5.35. The third-order valence-corrected chi connectivity index (χ3v) is 4.08. The van der Waals surface area contributed by atoms with Crippen molar-refractivity contribution in [3.63, 3.8) is 0 Å². The summed E-state index contributed by atoms with van der Waals surface area (Å²) in [6, 6.07) is 3.91. The van der Waals surface area contributed by atoms with Gasteiger partial charge in [0.15, 0.2) is 0 Å². The molecule has 2 aromatic rings. The molecule has 0 bridgehead atoms. The molecule has 96 valence electrons. The molecule has 2 rings (SSSR count). The van der Waals surface area contributed by atoms with Gasteiger partial charge in [0.05, 0.1) is 10.0 Å². The van der Waals surface area contributed by atoms with Gasteiger partial charge in [0, 0.05) is 6.04 Å². The largest absolute Gasteiger partial charge is 0.366 e. The van der Waals surface area contributed by atoms with E-state index in [0.29, 0.717) is 15.9 Å². The van der Waals surface area contributed by atoms with E-state index in [4.69, 9.17) is 34.8 Å². The van der Waals surface area contributed by atoms with Crippen molar-refractivity contribution in [1.82, 2.24) is 4.98 Å². The molecule has 0 aliphatic heterocycles. The summed E-state index contributed by atoms with van der Waals surface area (Å²) in [5.74, 6) is 0.564. The summed E-state index contributed by atoms with van der Waals surface area (Å²) in [5, 5.41) is 8.51. The number of hydrogen-bond acceptors (Lipinski definition) is 3. The Balaban J connectivity index is 2.07. The summed E-state index contributed by atoms with van der Waals surface area (Å²) in [6.07, 6.45) is 0.905. The first-order chi connectivity index (χ1) is 8.56. The molecule has 0 fully saturated rings. The maximum Gasteiger partial charge on any atom is 0.150 e. The fourth-order valence-corrected chi connectivity index (χ4v) is 2.83. The van der Waals surface area contributed by atoms with Crippen molar-refractivity contribution in [3.05, 3.63) is 43.7 Å². The molecule has 1 N–H and O–H groups in total. The van der Waals surface area contributed by atoms with Crippen molar-refractivity contribution in [2.24, 2.45) is 0 Å². The molecule has 0 saturated carbocycles. The van der Waals surface area contributed by atoms with Gasteiger partial charge in [0.1, 0.15) is 11.0 Å². The van der Waals surface area contributed by atoms with Crippen LogP contribution in [0.2, 0.25) is 15.2 Å². The average Bonchev–Trinajstić information content (AvgIpc) is 2.78. The molecule has 18 heavy (non-hydrogen) atoms. The van der Waals surface area contributed by atoms with Crippen LogP contribution in [-0.2, 0) is 6.42 Å². The SMILES string of the molecule is CC(Cc1ccsc1)Nc1nc(Cl)c(Cl)cc1Cl. The smallest absolute Gasteiger partial charge is 0.150 e. The van der Waals surface area contributed by atoms with E-state index >= 15 is 0 Å². The lowest BCUT2D eigenvalue weighted by Gasteiger charge is -2.15. The van der Waals surface area contributed by atoms with Crippen molar-refractivity contribution >= 4 is 52.0 Å². The zero-order chi connectivity index (χ0) is 13.1. The van der Waals surface area contributed by atoms with E-state index in [2.05, 4.69) is 34.1 Å². The van der Waals surface area contributed by atoms with Crippen LogP contribution >= 0.6 is 46.1 Å². The van der Waals surface area contributed by atoms with Crippen LogP contribution in [0.1, 0.15) is 12.5 Å². The molecule has 2 heterocycles. The Labute approximate surface area is 125 Å². The third-order valence-electron chi connectivity index (χ3n) is 2.39. The fourth-order valence-electron chi connectivity index (χ4n) is 1.59. The fraction of sp³-hybridized carbons (Fsp3) is 0.250. The molecule has 1 atom stereocenters. The molecule has 0 radical (unpaired) electrons. The molecular weight excluding hydrogens is 311 g/mol. The molecule has 1 unspecified atom stereocenters. The number of aromatic nitrogens is 1. The average molecular weight is 322 g/mol. The van der Waals surface area contributed by atoms with Crippen LogP contribution in [0.4, 0.5) is 5.82 Å². The number of anilines is 1. The van der Waals surface area contributed by atoms with Gasteiger partial charge in [-0.3, -0.25) is 0 Å². The molecule has 2 nitrogen and oxygen atoms in total. The molecule has 6 heteroatoms. The van der Waals surface area contributed by atoms with Crippen molar-refractivity contribution in [2.45, 2.75) is 19.4 Å². The highest BCUT2D eigenvalue weighted by molar-refractivity contribution is 7.07. The molecule has 0 amide bonds. The number of nitrogens with one attached hydrogen (secondary N) is 1. The van der Waals surface area contributed by atoms with Gasteiger partial charge in [-0.15, -0.1) is 0 Å². The second-order valence-corrected chi connectivity index (χ2v) is 5.92. The molecule has 0 spiro atoms. The Hall–Kier alpha value is -0.480. The number of nitrogens with zero attached hydrogens (tertiary/aromatic N) is 1. The maximum atomic E-state index is 6.06. The van der Waals surface area contributed by atoms with E-state index < -0.39 is 0 Å². The third kappa shape index (κ3) is 3.51. The number of pyridine rings is 1. The number of halogens is 3. The zero-order valence-electron chi connectivity index (χ0n) is 9.58. The van der Waals surface area contributed by atoms with Crippen LogP contribution < -0.4 is 5.32 Å². The van der Waals surface area contributed by atoms with Crippen molar-refractivity contribution in [3.8, 4) is 0 Å². The highest BCUT2D eigenvalue weighted by Gasteiger charge is 2.11. The Bertz CT molecular complexity index is 528. The summed E-state index contributed by atoms with van der Waals surface area (Å²) in [5.41, 5.74) is 1.29. The van der Waals surface area contributed by atoms with Gasteiger partial charge in [-0.25, -0.2) is 4.98 Å². The number of hydrogen-bond donors (Lipinski definition) is 1. The van der Waals surface area contributed by atoms with Crippen molar-refractivity contribution in [1.29, 1.82) is 0 Å². The molecular formula is C12H11Cl3N2S. The second-order valence-electron chi connectivity index (χ2n) is 3.97. The summed E-state index contributed by atoms with van der Waals surface area (Å²) >= 11 is 19.5. The highest BCUT2D eigenvalue weighted by Crippen LogP contribution is 2.29. The van der Waals surface area contributed by atoms with Gasteiger partial charge in [0.2, 0.25) is 0 Å². The van der Waals surface area contributed by atoms with E-state index in [1.165, 1.54) is 5.56 Å². The quantitative estimate of drug-likeness (QED) is 0.788. The standard InChI is InChI=1S/C12H11Cl3N2S/c1-7(4-8-2-3-18-6-8)16-12-10(14)5-9(13)11(15)17-12/h2-3,5-7H,4H2,1H3,(H,16,17). The lowest BCUT2D eigenvalue weighted by Crippen LogP contribution is -2.18. The summed E-state index contributed by atoms with van der Waals surface area (Å²) in [7, 11) is 0. The van der Waals surface area contributed by atoms with E-state index in [-0.39, 0.29) is 11.2 Å². The van der Waals surface area contributed by atoms with E-state index in [1.54, 1.807) is 17.4 Å². The summed E-state index contributed by atoms with van der Waals surface area (Å²) in [6.45, 7) is 2.07. The van der Waals surface area contributed by atoms with Gasteiger partial charge in [-0.2, -0.15) is 11.3 Å². The first-order valence-corrected chi connectivity index (χ1v) is 7.43. The van der Waals surface area contributed by atoms with Gasteiger partial charge in [-0.1, -0.05) is 34.8 Å². The lowest BCUT2D eigenvalue weighted by atomic mass is 10.1. The molecule has 0 saturated heterocycles.